The molecule has 94 valence electrons. The molecule has 0 saturated carbocycles. The highest BCUT2D eigenvalue weighted by Crippen LogP contribution is 2.28. The van der Waals surface area contributed by atoms with Crippen LogP contribution >= 0.6 is 11.8 Å². The lowest BCUT2D eigenvalue weighted by atomic mass is 10.0. The van der Waals surface area contributed by atoms with Gasteiger partial charge in [0, 0.05) is 4.90 Å². The summed E-state index contributed by atoms with van der Waals surface area (Å²) in [6.07, 6.45) is 5.51. The van der Waals surface area contributed by atoms with E-state index in [4.69, 9.17) is 6.42 Å². The van der Waals surface area contributed by atoms with Gasteiger partial charge in [-0.1, -0.05) is 32.8 Å². The van der Waals surface area contributed by atoms with Crippen molar-refractivity contribution in [1.82, 2.24) is 0 Å². The zero-order valence-corrected chi connectivity index (χ0v) is 11.8. The Morgan fingerprint density at radius 3 is 2.67 bits per heavy atom. The minimum atomic E-state index is -0.0565. The first-order chi connectivity index (χ1) is 8.63. The molecule has 1 aromatic rings. The van der Waals surface area contributed by atoms with Gasteiger partial charge in [-0.3, -0.25) is 0 Å². The molecule has 0 aliphatic rings. The van der Waals surface area contributed by atoms with E-state index < -0.39 is 0 Å². The molecule has 0 bridgehead atoms. The highest BCUT2D eigenvalue weighted by Gasteiger charge is 2.14. The Kier molecular flexibility index (Phi) is 5.62. The predicted octanol–water partition coefficient (Wildman–Crippen LogP) is 3.74. The van der Waals surface area contributed by atoms with E-state index in [0.29, 0.717) is 11.5 Å². The molecular weight excluding hydrogens is 240 g/mol. The highest BCUT2D eigenvalue weighted by molar-refractivity contribution is 7.99. The van der Waals surface area contributed by atoms with E-state index in [0.717, 1.165) is 16.3 Å². The van der Waals surface area contributed by atoms with E-state index in [9.17, 15) is 5.26 Å². The normalized spacial score (nSPS) is 11.7. The number of benzene rings is 1. The molecule has 0 radical (unpaired) electrons. The number of nitrogens with one attached hydrogen (secondary N) is 1. The maximum Gasteiger partial charge on any atom is 0.102 e. The van der Waals surface area contributed by atoms with E-state index in [1.807, 2.05) is 18.2 Å². The van der Waals surface area contributed by atoms with Crippen LogP contribution in [-0.4, -0.2) is 11.8 Å². The van der Waals surface area contributed by atoms with E-state index in [-0.39, 0.29) is 6.04 Å². The number of hydrogen-bond donors (Lipinski definition) is 1. The van der Waals surface area contributed by atoms with Crippen molar-refractivity contribution < 1.29 is 0 Å². The largest absolute Gasteiger partial charge is 0.370 e. The second-order valence-corrected chi connectivity index (χ2v) is 5.56. The van der Waals surface area contributed by atoms with Crippen molar-refractivity contribution in [1.29, 1.82) is 5.26 Å². The molecule has 0 aliphatic carbocycles. The third kappa shape index (κ3) is 3.45. The number of nitriles is 1. The van der Waals surface area contributed by atoms with Crippen LogP contribution < -0.4 is 5.32 Å². The first-order valence-corrected chi connectivity index (χ1v) is 7.01. The number of thioether (sulfide) groups is 1. The van der Waals surface area contributed by atoms with Crippen LogP contribution in [-0.2, 0) is 0 Å². The Morgan fingerprint density at radius 2 is 2.17 bits per heavy atom. The van der Waals surface area contributed by atoms with E-state index in [1.54, 1.807) is 11.8 Å². The molecule has 2 nitrogen and oxygen atoms in total. The molecule has 1 atom stereocenters. The maximum absolute atomic E-state index is 9.30. The molecule has 18 heavy (non-hydrogen) atoms. The summed E-state index contributed by atoms with van der Waals surface area (Å²) in [7, 11) is 0. The second-order valence-electron chi connectivity index (χ2n) is 4.26. The topological polar surface area (TPSA) is 35.8 Å². The van der Waals surface area contributed by atoms with E-state index in [2.05, 4.69) is 38.1 Å². The maximum atomic E-state index is 9.30. The summed E-state index contributed by atoms with van der Waals surface area (Å²) in [5, 5.41) is 12.6. The Hall–Kier alpha value is -1.58. The zero-order valence-electron chi connectivity index (χ0n) is 11.0. The predicted molar refractivity (Wildman–Crippen MR) is 78.6 cm³/mol. The average molecular weight is 258 g/mol. The molecule has 0 heterocycles. The average Bonchev–Trinajstić information content (AvgIpc) is 2.36. The number of rotatable bonds is 5. The van der Waals surface area contributed by atoms with Gasteiger partial charge < -0.3 is 5.32 Å². The Labute approximate surface area is 114 Å². The smallest absolute Gasteiger partial charge is 0.102 e. The van der Waals surface area contributed by atoms with Crippen molar-refractivity contribution in [2.45, 2.75) is 31.7 Å². The fraction of sp³-hybridized carbons (Fsp3) is 0.400. The van der Waals surface area contributed by atoms with E-state index >= 15 is 0 Å². The van der Waals surface area contributed by atoms with Crippen molar-refractivity contribution in [3.63, 3.8) is 0 Å². The van der Waals surface area contributed by atoms with Gasteiger partial charge in [-0.15, -0.1) is 18.2 Å². The fourth-order valence-electron chi connectivity index (χ4n) is 1.61. The van der Waals surface area contributed by atoms with Gasteiger partial charge in [0.1, 0.15) is 6.07 Å². The van der Waals surface area contributed by atoms with Gasteiger partial charge in [0.25, 0.3) is 0 Å². The third-order valence-corrected chi connectivity index (χ3v) is 3.53. The molecule has 1 unspecified atom stereocenters. The minimum absolute atomic E-state index is 0.0565. The lowest BCUT2D eigenvalue weighted by Crippen LogP contribution is -2.24. The number of nitrogens with zero attached hydrogens (tertiary/aromatic N) is 1. The van der Waals surface area contributed by atoms with Crippen LogP contribution in [0.25, 0.3) is 0 Å². The Bertz CT molecular complexity index is 480. The van der Waals surface area contributed by atoms with E-state index in [1.165, 1.54) is 0 Å². The van der Waals surface area contributed by atoms with Gasteiger partial charge >= 0.3 is 0 Å². The quantitative estimate of drug-likeness (QED) is 0.645. The summed E-state index contributed by atoms with van der Waals surface area (Å²) >= 11 is 1.67. The molecule has 0 fully saturated rings. The molecule has 0 saturated heterocycles. The first-order valence-electron chi connectivity index (χ1n) is 6.02. The van der Waals surface area contributed by atoms with Crippen molar-refractivity contribution in [2.75, 3.05) is 11.1 Å². The lowest BCUT2D eigenvalue weighted by Gasteiger charge is -2.19. The molecule has 0 amide bonds. The summed E-state index contributed by atoms with van der Waals surface area (Å²) in [5.41, 5.74) is 1.51. The molecular formula is C15H18N2S. The molecule has 3 heteroatoms. The number of terminal acetylenes is 1. The van der Waals surface area contributed by atoms with Crippen molar-refractivity contribution >= 4 is 17.4 Å². The lowest BCUT2D eigenvalue weighted by molar-refractivity contribution is 0.614. The highest BCUT2D eigenvalue weighted by atomic mass is 32.2. The van der Waals surface area contributed by atoms with Crippen LogP contribution in [0.1, 0.15) is 26.3 Å². The number of hydrogen-bond acceptors (Lipinski definition) is 3. The van der Waals surface area contributed by atoms with Crippen molar-refractivity contribution in [2.24, 2.45) is 5.92 Å². The summed E-state index contributed by atoms with van der Waals surface area (Å²) in [4.78, 5) is 1.00. The van der Waals surface area contributed by atoms with Crippen LogP contribution in [0.2, 0.25) is 0 Å². The monoisotopic (exact) mass is 258 g/mol. The first kappa shape index (κ1) is 14.5. The summed E-state index contributed by atoms with van der Waals surface area (Å²) in [6.45, 7) is 6.20. The molecule has 0 spiro atoms. The molecule has 1 rings (SSSR count). The Balaban J connectivity index is 3.06. The SMILES string of the molecule is C#CC(Nc1cccc(SCC)c1C#N)C(C)C. The zero-order chi connectivity index (χ0) is 13.5. The van der Waals surface area contributed by atoms with Crippen LogP contribution in [0.15, 0.2) is 23.1 Å². The van der Waals surface area contributed by atoms with Crippen LogP contribution in [0.3, 0.4) is 0 Å². The van der Waals surface area contributed by atoms with Gasteiger partial charge in [-0.05, 0) is 23.8 Å². The fourth-order valence-corrected chi connectivity index (χ4v) is 2.40. The minimum Gasteiger partial charge on any atom is -0.370 e. The third-order valence-electron chi connectivity index (χ3n) is 2.60. The standard InChI is InChI=1S/C15H18N2S/c1-5-13(11(3)4)17-14-8-7-9-15(18-6-2)12(14)10-16/h1,7-9,11,13,17H,6H2,2-4H3. The van der Waals surface area contributed by atoms with Gasteiger partial charge in [0.2, 0.25) is 0 Å². The summed E-state index contributed by atoms with van der Waals surface area (Å²) < 4.78 is 0. The Morgan fingerprint density at radius 1 is 1.44 bits per heavy atom. The van der Waals surface area contributed by atoms with Crippen LogP contribution in [0.4, 0.5) is 5.69 Å². The van der Waals surface area contributed by atoms with Crippen LogP contribution in [0.5, 0.6) is 0 Å². The summed E-state index contributed by atoms with van der Waals surface area (Å²) in [5.74, 6) is 3.99. The van der Waals surface area contributed by atoms with Gasteiger partial charge in [-0.2, -0.15) is 5.26 Å². The molecule has 1 N–H and O–H groups in total. The molecule has 1 aromatic carbocycles. The van der Waals surface area contributed by atoms with Crippen molar-refractivity contribution in [3.05, 3.63) is 23.8 Å². The summed E-state index contributed by atoms with van der Waals surface area (Å²) in [6, 6.07) is 8.04. The van der Waals surface area contributed by atoms with Gasteiger partial charge in [-0.25, -0.2) is 0 Å². The van der Waals surface area contributed by atoms with Gasteiger partial charge in [0.15, 0.2) is 0 Å². The molecule has 0 aliphatic heterocycles. The molecule has 0 aromatic heterocycles. The second kappa shape index (κ2) is 6.99. The number of anilines is 1. The van der Waals surface area contributed by atoms with Gasteiger partial charge in [0.05, 0.1) is 17.3 Å². The van der Waals surface area contributed by atoms with Crippen molar-refractivity contribution in [3.8, 4) is 18.4 Å². The van der Waals surface area contributed by atoms with Crippen LogP contribution in [0, 0.1) is 29.6 Å².